The Morgan fingerprint density at radius 3 is 2.73 bits per heavy atom. The van der Waals surface area contributed by atoms with Crippen LogP contribution in [0, 0.1) is 6.92 Å². The molecule has 1 aromatic carbocycles. The number of halogens is 1. The van der Waals surface area contributed by atoms with Gasteiger partial charge in [0.25, 0.3) is 5.56 Å². The van der Waals surface area contributed by atoms with Crippen LogP contribution >= 0.6 is 11.6 Å². The van der Waals surface area contributed by atoms with E-state index in [4.69, 9.17) is 21.2 Å². The highest BCUT2D eigenvalue weighted by atomic mass is 35.5. The number of rotatable bonds is 6. The van der Waals surface area contributed by atoms with Crippen molar-refractivity contribution in [1.82, 2.24) is 19.9 Å². The van der Waals surface area contributed by atoms with Crippen LogP contribution in [0.4, 0.5) is 0 Å². The van der Waals surface area contributed by atoms with Crippen molar-refractivity contribution in [1.29, 1.82) is 0 Å². The third kappa shape index (κ3) is 3.98. The molecule has 2 N–H and O–H groups in total. The summed E-state index contributed by atoms with van der Waals surface area (Å²) in [5, 5.41) is 27.8. The fourth-order valence-corrected chi connectivity index (χ4v) is 2.56. The molecule has 1 atom stereocenters. The Morgan fingerprint density at radius 1 is 1.31 bits per heavy atom. The number of aromatic nitrogens is 4. The third-order valence-corrected chi connectivity index (χ3v) is 4.24. The molecule has 0 saturated carbocycles. The minimum Gasteiger partial charge on any atom is -0.392 e. The Balaban J connectivity index is 1.71. The van der Waals surface area contributed by atoms with E-state index in [2.05, 4.69) is 15.2 Å². The van der Waals surface area contributed by atoms with Gasteiger partial charge in [0.15, 0.2) is 5.82 Å². The second kappa shape index (κ2) is 7.77. The molecule has 136 valence electrons. The fraction of sp³-hybridized carbons (Fsp3) is 0.294. The van der Waals surface area contributed by atoms with E-state index in [0.29, 0.717) is 27.5 Å². The summed E-state index contributed by atoms with van der Waals surface area (Å²) in [6.45, 7) is 1.38. The summed E-state index contributed by atoms with van der Waals surface area (Å²) in [5.74, 6) is 0.522. The summed E-state index contributed by atoms with van der Waals surface area (Å²) in [6, 6.07) is 6.84. The predicted octanol–water partition coefficient (Wildman–Crippen LogP) is 1.40. The van der Waals surface area contributed by atoms with Crippen molar-refractivity contribution in [2.24, 2.45) is 0 Å². The zero-order valence-corrected chi connectivity index (χ0v) is 14.7. The minimum atomic E-state index is -0.801. The number of aliphatic hydroxyl groups excluding tert-OH is 2. The van der Waals surface area contributed by atoms with Gasteiger partial charge in [0.2, 0.25) is 5.89 Å². The van der Waals surface area contributed by atoms with Crippen molar-refractivity contribution in [3.63, 3.8) is 0 Å². The number of aliphatic hydroxyl groups is 2. The van der Waals surface area contributed by atoms with Crippen molar-refractivity contribution in [3.05, 3.63) is 74.2 Å². The van der Waals surface area contributed by atoms with Gasteiger partial charge >= 0.3 is 0 Å². The first-order valence-corrected chi connectivity index (χ1v) is 8.27. The van der Waals surface area contributed by atoms with Crippen LogP contribution in [0.5, 0.6) is 0 Å². The second-order valence-electron chi connectivity index (χ2n) is 5.79. The third-order valence-electron chi connectivity index (χ3n) is 3.99. The molecule has 9 heteroatoms. The molecule has 0 amide bonds. The molecule has 8 nitrogen and oxygen atoms in total. The van der Waals surface area contributed by atoms with Gasteiger partial charge in [0.1, 0.15) is 6.54 Å². The van der Waals surface area contributed by atoms with Crippen molar-refractivity contribution in [3.8, 4) is 0 Å². The molecule has 0 aliphatic carbocycles. The van der Waals surface area contributed by atoms with Crippen LogP contribution in [0.3, 0.4) is 0 Å². The molecule has 0 bridgehead atoms. The molecule has 0 aliphatic heterocycles. The SMILES string of the molecule is Cc1c(CO)cnn(Cc2nc(CC(O)c3ccc(Cl)cc3)no2)c1=O. The quantitative estimate of drug-likeness (QED) is 0.668. The Labute approximate surface area is 153 Å². The summed E-state index contributed by atoms with van der Waals surface area (Å²) in [5.41, 5.74) is 1.25. The van der Waals surface area contributed by atoms with E-state index in [0.717, 1.165) is 0 Å². The van der Waals surface area contributed by atoms with Gasteiger partial charge in [-0.3, -0.25) is 4.79 Å². The van der Waals surface area contributed by atoms with Crippen LogP contribution < -0.4 is 5.56 Å². The van der Waals surface area contributed by atoms with Crippen LogP contribution in [0.2, 0.25) is 5.02 Å². The van der Waals surface area contributed by atoms with Gasteiger partial charge in [-0.15, -0.1) is 0 Å². The molecule has 1 unspecified atom stereocenters. The van der Waals surface area contributed by atoms with Crippen LogP contribution in [-0.2, 0) is 19.6 Å². The fourth-order valence-electron chi connectivity index (χ4n) is 2.43. The van der Waals surface area contributed by atoms with Gasteiger partial charge in [-0.05, 0) is 24.6 Å². The molecule has 2 aromatic heterocycles. The Bertz CT molecular complexity index is 952. The van der Waals surface area contributed by atoms with Crippen molar-refractivity contribution >= 4 is 11.6 Å². The zero-order valence-electron chi connectivity index (χ0n) is 14.0. The summed E-state index contributed by atoms with van der Waals surface area (Å²) in [7, 11) is 0. The van der Waals surface area contributed by atoms with E-state index in [-0.39, 0.29) is 31.0 Å². The topological polar surface area (TPSA) is 114 Å². The number of hydrogen-bond donors (Lipinski definition) is 2. The van der Waals surface area contributed by atoms with Crippen LogP contribution in [0.25, 0.3) is 0 Å². The highest BCUT2D eigenvalue weighted by molar-refractivity contribution is 6.30. The minimum absolute atomic E-state index is 0.00935. The molecule has 0 fully saturated rings. The smallest absolute Gasteiger partial charge is 0.270 e. The van der Waals surface area contributed by atoms with Crippen molar-refractivity contribution in [2.45, 2.75) is 32.6 Å². The van der Waals surface area contributed by atoms with Gasteiger partial charge in [0.05, 0.1) is 18.9 Å². The highest BCUT2D eigenvalue weighted by Crippen LogP contribution is 2.19. The first kappa shape index (κ1) is 18.2. The second-order valence-corrected chi connectivity index (χ2v) is 6.23. The average Bonchev–Trinajstić information content (AvgIpc) is 3.06. The van der Waals surface area contributed by atoms with Crippen molar-refractivity contribution in [2.75, 3.05) is 0 Å². The summed E-state index contributed by atoms with van der Waals surface area (Å²) in [4.78, 5) is 16.4. The lowest BCUT2D eigenvalue weighted by Crippen LogP contribution is -2.26. The largest absolute Gasteiger partial charge is 0.392 e. The highest BCUT2D eigenvalue weighted by Gasteiger charge is 2.15. The first-order chi connectivity index (χ1) is 12.5. The molecule has 0 saturated heterocycles. The van der Waals surface area contributed by atoms with E-state index in [1.165, 1.54) is 10.9 Å². The zero-order chi connectivity index (χ0) is 18.7. The summed E-state index contributed by atoms with van der Waals surface area (Å²) in [6.07, 6.45) is 0.790. The van der Waals surface area contributed by atoms with E-state index < -0.39 is 6.10 Å². The maximum atomic E-state index is 12.2. The predicted molar refractivity (Wildman–Crippen MR) is 92.7 cm³/mol. The standard InChI is InChI=1S/C17H17ClN4O4/c1-10-12(9-23)7-19-22(17(10)25)8-16-20-15(21-26-16)6-14(24)11-2-4-13(18)5-3-11/h2-5,7,14,23-24H,6,8-9H2,1H3. The maximum Gasteiger partial charge on any atom is 0.270 e. The lowest BCUT2D eigenvalue weighted by molar-refractivity contribution is 0.174. The van der Waals surface area contributed by atoms with E-state index in [1.807, 2.05) is 0 Å². The van der Waals surface area contributed by atoms with Gasteiger partial charge in [-0.1, -0.05) is 28.9 Å². The molecule has 0 aliphatic rings. The molecule has 3 rings (SSSR count). The van der Waals surface area contributed by atoms with Crippen molar-refractivity contribution < 1.29 is 14.7 Å². The van der Waals surface area contributed by atoms with Gasteiger partial charge in [-0.2, -0.15) is 10.1 Å². The van der Waals surface area contributed by atoms with E-state index in [1.54, 1.807) is 31.2 Å². The lowest BCUT2D eigenvalue weighted by atomic mass is 10.1. The number of hydrogen-bond acceptors (Lipinski definition) is 7. The van der Waals surface area contributed by atoms with Gasteiger partial charge < -0.3 is 14.7 Å². The summed E-state index contributed by atoms with van der Waals surface area (Å²) >= 11 is 5.83. The van der Waals surface area contributed by atoms with E-state index >= 15 is 0 Å². The molecule has 3 aromatic rings. The molecule has 0 spiro atoms. The Kier molecular flexibility index (Phi) is 5.46. The van der Waals surface area contributed by atoms with Gasteiger partial charge in [-0.25, -0.2) is 4.68 Å². The maximum absolute atomic E-state index is 12.2. The Morgan fingerprint density at radius 2 is 2.04 bits per heavy atom. The Hall–Kier alpha value is -2.55. The van der Waals surface area contributed by atoms with Crippen LogP contribution in [0.1, 0.15) is 34.5 Å². The normalized spacial score (nSPS) is 12.3. The molecule has 26 heavy (non-hydrogen) atoms. The summed E-state index contributed by atoms with van der Waals surface area (Å²) < 4.78 is 6.32. The first-order valence-electron chi connectivity index (χ1n) is 7.89. The van der Waals surface area contributed by atoms with Gasteiger partial charge in [0, 0.05) is 22.6 Å². The molecule has 0 radical (unpaired) electrons. The molecular weight excluding hydrogens is 360 g/mol. The number of nitrogens with zero attached hydrogens (tertiary/aromatic N) is 4. The number of benzene rings is 1. The monoisotopic (exact) mass is 376 g/mol. The van der Waals surface area contributed by atoms with Crippen LogP contribution in [-0.4, -0.2) is 30.1 Å². The molecule has 2 heterocycles. The lowest BCUT2D eigenvalue weighted by Gasteiger charge is -2.08. The van der Waals surface area contributed by atoms with Crippen LogP contribution in [0.15, 0.2) is 39.8 Å². The average molecular weight is 377 g/mol. The van der Waals surface area contributed by atoms with E-state index in [9.17, 15) is 9.90 Å². The molecular formula is C17H17ClN4O4.